The Balaban J connectivity index is 2.51. The van der Waals surface area contributed by atoms with E-state index < -0.39 is 11.7 Å². The van der Waals surface area contributed by atoms with Crippen LogP contribution in [0.5, 0.6) is 5.75 Å². The molecule has 0 amide bonds. The van der Waals surface area contributed by atoms with Gasteiger partial charge in [-0.15, -0.1) is 0 Å². The first-order valence-corrected chi connectivity index (χ1v) is 5.92. The molecular weight excluding hydrogens is 228 g/mol. The van der Waals surface area contributed by atoms with Crippen LogP contribution in [0.15, 0.2) is 24.3 Å². The first-order valence-electron chi connectivity index (χ1n) is 5.92. The Hall–Kier alpha value is -1.50. The Labute approximate surface area is 108 Å². The molecule has 0 saturated carbocycles. The summed E-state index contributed by atoms with van der Waals surface area (Å²) in [6.45, 7) is 3.38. The molecule has 2 N–H and O–H groups in total. The maximum atomic E-state index is 9.74. The van der Waals surface area contributed by atoms with E-state index in [1.54, 1.807) is 21.0 Å². The Morgan fingerprint density at radius 2 is 1.89 bits per heavy atom. The summed E-state index contributed by atoms with van der Waals surface area (Å²) in [5.41, 5.74) is 0.188. The molecule has 1 atom stereocenters. The molecule has 0 spiro atoms. The molecule has 3 nitrogen and oxygen atoms in total. The summed E-state index contributed by atoms with van der Waals surface area (Å²) in [5, 5.41) is 19.2. The van der Waals surface area contributed by atoms with E-state index in [1.165, 1.54) is 0 Å². The van der Waals surface area contributed by atoms with Crippen LogP contribution < -0.4 is 4.74 Å². The van der Waals surface area contributed by atoms with Crippen molar-refractivity contribution in [1.29, 1.82) is 0 Å². The number of rotatable bonds is 4. The number of hydrogen-bond donors (Lipinski definition) is 2. The highest BCUT2D eigenvalue weighted by molar-refractivity contribution is 5.28. The first-order chi connectivity index (χ1) is 8.40. The molecule has 1 unspecified atom stereocenters. The second-order valence-corrected chi connectivity index (χ2v) is 4.88. The highest BCUT2D eigenvalue weighted by Crippen LogP contribution is 2.12. The fourth-order valence-electron chi connectivity index (χ4n) is 1.42. The van der Waals surface area contributed by atoms with Crippen molar-refractivity contribution in [2.75, 3.05) is 7.11 Å². The second-order valence-electron chi connectivity index (χ2n) is 4.88. The van der Waals surface area contributed by atoms with Crippen molar-refractivity contribution in [2.45, 2.75) is 38.4 Å². The lowest BCUT2D eigenvalue weighted by atomic mass is 10.0. The number of benzene rings is 1. The van der Waals surface area contributed by atoms with E-state index >= 15 is 0 Å². The van der Waals surface area contributed by atoms with Crippen LogP contribution in [0, 0.1) is 11.8 Å². The van der Waals surface area contributed by atoms with E-state index in [0.717, 1.165) is 11.3 Å². The van der Waals surface area contributed by atoms with Gasteiger partial charge in [-0.2, -0.15) is 0 Å². The average Bonchev–Trinajstić information content (AvgIpc) is 2.28. The molecule has 0 bridgehead atoms. The Bertz CT molecular complexity index is 418. The predicted octanol–water partition coefficient (Wildman–Crippen LogP) is 1.76. The zero-order chi connectivity index (χ0) is 13.6. The van der Waals surface area contributed by atoms with Crippen molar-refractivity contribution in [1.82, 2.24) is 0 Å². The quantitative estimate of drug-likeness (QED) is 0.798. The lowest BCUT2D eigenvalue weighted by Gasteiger charge is -2.11. The van der Waals surface area contributed by atoms with E-state index in [1.807, 2.05) is 24.3 Å². The zero-order valence-corrected chi connectivity index (χ0v) is 11.1. The smallest absolute Gasteiger partial charge is 0.118 e. The van der Waals surface area contributed by atoms with Crippen LogP contribution in [-0.4, -0.2) is 29.0 Å². The van der Waals surface area contributed by atoms with Crippen molar-refractivity contribution >= 4 is 0 Å². The van der Waals surface area contributed by atoms with E-state index in [-0.39, 0.29) is 0 Å². The molecule has 98 valence electrons. The lowest BCUT2D eigenvalue weighted by molar-refractivity contribution is 0.0861. The van der Waals surface area contributed by atoms with Gasteiger partial charge in [-0.1, -0.05) is 24.0 Å². The van der Waals surface area contributed by atoms with Crippen LogP contribution in [0.4, 0.5) is 0 Å². The minimum absolute atomic E-state index is 0.354. The molecule has 0 aliphatic heterocycles. The zero-order valence-electron chi connectivity index (χ0n) is 11.1. The molecule has 1 aromatic carbocycles. The molecule has 0 fully saturated rings. The maximum Gasteiger partial charge on any atom is 0.118 e. The molecule has 1 rings (SSSR count). The average molecular weight is 248 g/mol. The molecule has 0 radical (unpaired) electrons. The summed E-state index contributed by atoms with van der Waals surface area (Å²) in [6.07, 6.45) is 0.121. The van der Waals surface area contributed by atoms with Gasteiger partial charge in [0.05, 0.1) is 12.7 Å². The van der Waals surface area contributed by atoms with Crippen molar-refractivity contribution in [3.63, 3.8) is 0 Å². The molecule has 3 heteroatoms. The van der Waals surface area contributed by atoms with Crippen molar-refractivity contribution in [2.24, 2.45) is 0 Å². The number of aliphatic hydroxyl groups is 2. The van der Waals surface area contributed by atoms with E-state index in [2.05, 4.69) is 11.8 Å². The number of aliphatic hydroxyl groups excluding tert-OH is 1. The van der Waals surface area contributed by atoms with Gasteiger partial charge in [0.15, 0.2) is 0 Å². The van der Waals surface area contributed by atoms with Crippen molar-refractivity contribution in [3.05, 3.63) is 29.8 Å². The van der Waals surface area contributed by atoms with Crippen LogP contribution in [0.25, 0.3) is 0 Å². The van der Waals surface area contributed by atoms with Crippen LogP contribution >= 0.6 is 0 Å². The van der Waals surface area contributed by atoms with Gasteiger partial charge in [-0.05, 0) is 31.5 Å². The molecule has 0 heterocycles. The highest BCUT2D eigenvalue weighted by atomic mass is 16.5. The van der Waals surface area contributed by atoms with Crippen molar-refractivity contribution < 1.29 is 14.9 Å². The largest absolute Gasteiger partial charge is 0.497 e. The summed E-state index contributed by atoms with van der Waals surface area (Å²) >= 11 is 0. The van der Waals surface area contributed by atoms with Crippen LogP contribution in [0.1, 0.15) is 25.8 Å². The van der Waals surface area contributed by atoms with Gasteiger partial charge in [-0.3, -0.25) is 0 Å². The normalized spacial score (nSPS) is 12.5. The summed E-state index contributed by atoms with van der Waals surface area (Å²) < 4.78 is 5.06. The van der Waals surface area contributed by atoms with Crippen molar-refractivity contribution in [3.8, 4) is 17.6 Å². The second kappa shape index (κ2) is 6.44. The van der Waals surface area contributed by atoms with Gasteiger partial charge in [-0.25, -0.2) is 0 Å². The van der Waals surface area contributed by atoms with Gasteiger partial charge in [0, 0.05) is 12.8 Å². The topological polar surface area (TPSA) is 49.7 Å². The molecule has 18 heavy (non-hydrogen) atoms. The van der Waals surface area contributed by atoms with Gasteiger partial charge in [0.25, 0.3) is 0 Å². The summed E-state index contributed by atoms with van der Waals surface area (Å²) in [5.74, 6) is 6.32. The number of methoxy groups -OCH3 is 1. The molecular formula is C15H20O3. The van der Waals surface area contributed by atoms with Crippen LogP contribution in [-0.2, 0) is 6.42 Å². The first kappa shape index (κ1) is 14.6. The Morgan fingerprint density at radius 3 is 2.39 bits per heavy atom. The Kier molecular flexibility index (Phi) is 5.21. The number of ether oxygens (including phenoxy) is 1. The highest BCUT2D eigenvalue weighted by Gasteiger charge is 2.09. The van der Waals surface area contributed by atoms with Crippen LogP contribution in [0.2, 0.25) is 0 Å². The molecule has 0 saturated heterocycles. The summed E-state index contributed by atoms with van der Waals surface area (Å²) in [6, 6.07) is 7.51. The minimum Gasteiger partial charge on any atom is -0.497 e. The minimum atomic E-state index is -0.813. The third kappa shape index (κ3) is 5.72. The Morgan fingerprint density at radius 1 is 1.28 bits per heavy atom. The van der Waals surface area contributed by atoms with Gasteiger partial charge < -0.3 is 14.9 Å². The number of hydrogen-bond acceptors (Lipinski definition) is 3. The fourth-order valence-corrected chi connectivity index (χ4v) is 1.42. The molecule has 0 aliphatic rings. The maximum absolute atomic E-state index is 9.74. The van der Waals surface area contributed by atoms with E-state index in [4.69, 9.17) is 4.74 Å². The van der Waals surface area contributed by atoms with E-state index in [9.17, 15) is 10.2 Å². The molecule has 0 aromatic heterocycles. The van der Waals surface area contributed by atoms with E-state index in [0.29, 0.717) is 12.8 Å². The fraction of sp³-hybridized carbons (Fsp3) is 0.467. The lowest BCUT2D eigenvalue weighted by Crippen LogP contribution is -2.17. The molecule has 1 aromatic rings. The van der Waals surface area contributed by atoms with Crippen LogP contribution in [0.3, 0.4) is 0 Å². The monoisotopic (exact) mass is 248 g/mol. The van der Waals surface area contributed by atoms with Gasteiger partial charge >= 0.3 is 0 Å². The third-order valence-corrected chi connectivity index (χ3v) is 2.38. The summed E-state index contributed by atoms with van der Waals surface area (Å²) in [4.78, 5) is 0. The predicted molar refractivity (Wildman–Crippen MR) is 71.4 cm³/mol. The standard InChI is InChI=1S/C15H20O3/c1-15(2,17)10-4-5-13(16)11-12-6-8-14(18-3)9-7-12/h6-9,13,16-17H,10-11H2,1-3H3. The summed E-state index contributed by atoms with van der Waals surface area (Å²) in [7, 11) is 1.62. The molecule has 0 aliphatic carbocycles. The SMILES string of the molecule is COc1ccc(CC(O)C#CCC(C)(C)O)cc1. The third-order valence-electron chi connectivity index (χ3n) is 2.38. The van der Waals surface area contributed by atoms with Gasteiger partial charge in [0.2, 0.25) is 0 Å². The van der Waals surface area contributed by atoms with Gasteiger partial charge in [0.1, 0.15) is 11.9 Å².